The van der Waals surface area contributed by atoms with Gasteiger partial charge in [0.2, 0.25) is 0 Å². The molecule has 1 heterocycles. The SMILES string of the molecule is CC12Cc3c(N(c4ccc(C5=CC=CCC5)cc4)c4ccc(-c5ccc6c(c5)c5ccccc5n6-c5ccccc5)cc4)ccc(c31)-c1ccccc12. The van der Waals surface area contributed by atoms with Gasteiger partial charge in [-0.25, -0.2) is 0 Å². The molecule has 0 spiro atoms. The highest BCUT2D eigenvalue weighted by molar-refractivity contribution is 6.10. The smallest absolute Gasteiger partial charge is 0.0541 e. The van der Waals surface area contributed by atoms with Gasteiger partial charge in [-0.1, -0.05) is 122 Å². The minimum absolute atomic E-state index is 0.0832. The molecule has 0 N–H and O–H groups in total. The number of para-hydroxylation sites is 2. The Morgan fingerprint density at radius 1 is 0.585 bits per heavy atom. The van der Waals surface area contributed by atoms with Gasteiger partial charge in [0.1, 0.15) is 0 Å². The molecule has 0 amide bonds. The summed E-state index contributed by atoms with van der Waals surface area (Å²) in [6.07, 6.45) is 9.95. The zero-order valence-corrected chi connectivity index (χ0v) is 29.8. The van der Waals surface area contributed by atoms with Crippen molar-refractivity contribution in [2.45, 2.75) is 31.6 Å². The first kappa shape index (κ1) is 30.3. The standard InChI is InChI=1S/C51H38N2/c1-51-33-45-49(31-29-43(50(45)51)41-16-8-10-18-46(41)51)52(39-25-20-35(21-26-39)34-12-4-2-5-13-34)40-27-22-36(23-28-40)37-24-30-48-44(32-37)42-17-9-11-19-47(42)53(48)38-14-6-3-7-15-38/h2-4,6-12,14-32H,5,13,33H2,1H3. The molecule has 2 heteroatoms. The lowest BCUT2D eigenvalue weighted by atomic mass is 9.63. The van der Waals surface area contributed by atoms with Gasteiger partial charge in [-0.3, -0.25) is 0 Å². The zero-order chi connectivity index (χ0) is 35.1. The summed E-state index contributed by atoms with van der Waals surface area (Å²) in [5.41, 5.74) is 19.7. The van der Waals surface area contributed by atoms with Crippen molar-refractivity contribution in [3.05, 3.63) is 198 Å². The van der Waals surface area contributed by atoms with Crippen LogP contribution in [-0.4, -0.2) is 4.57 Å². The summed E-state index contributed by atoms with van der Waals surface area (Å²) in [5, 5.41) is 2.54. The number of allylic oxidation sites excluding steroid dienone is 4. The molecule has 3 aliphatic carbocycles. The van der Waals surface area contributed by atoms with Gasteiger partial charge in [0.05, 0.1) is 11.0 Å². The predicted octanol–water partition coefficient (Wildman–Crippen LogP) is 13.5. The Bertz CT molecular complexity index is 2800. The summed E-state index contributed by atoms with van der Waals surface area (Å²) >= 11 is 0. The maximum absolute atomic E-state index is 2.48. The molecule has 53 heavy (non-hydrogen) atoms. The third kappa shape index (κ3) is 4.52. The van der Waals surface area contributed by atoms with Crippen molar-refractivity contribution in [1.29, 1.82) is 0 Å². The summed E-state index contributed by atoms with van der Waals surface area (Å²) in [5.74, 6) is 0. The summed E-state index contributed by atoms with van der Waals surface area (Å²) in [6.45, 7) is 2.43. The number of aromatic nitrogens is 1. The third-order valence-corrected chi connectivity index (χ3v) is 12.1. The highest BCUT2D eigenvalue weighted by Crippen LogP contribution is 2.61. The lowest BCUT2D eigenvalue weighted by molar-refractivity contribution is 0.513. The number of rotatable bonds is 6. The van der Waals surface area contributed by atoms with Gasteiger partial charge in [0.25, 0.3) is 0 Å². The van der Waals surface area contributed by atoms with Crippen molar-refractivity contribution in [1.82, 2.24) is 4.57 Å². The first-order chi connectivity index (χ1) is 26.2. The van der Waals surface area contributed by atoms with Gasteiger partial charge >= 0.3 is 0 Å². The van der Waals surface area contributed by atoms with Gasteiger partial charge in [0.15, 0.2) is 0 Å². The highest BCUT2D eigenvalue weighted by Gasteiger charge is 2.49. The highest BCUT2D eigenvalue weighted by atomic mass is 15.1. The number of hydrogen-bond acceptors (Lipinski definition) is 1. The topological polar surface area (TPSA) is 8.17 Å². The molecule has 3 aliphatic rings. The van der Waals surface area contributed by atoms with Gasteiger partial charge in [-0.15, -0.1) is 0 Å². The van der Waals surface area contributed by atoms with E-state index in [4.69, 9.17) is 0 Å². The largest absolute Gasteiger partial charge is 0.310 e. The Morgan fingerprint density at radius 3 is 2.08 bits per heavy atom. The fourth-order valence-corrected chi connectivity index (χ4v) is 9.55. The van der Waals surface area contributed by atoms with Crippen LogP contribution in [0.2, 0.25) is 0 Å². The average Bonchev–Trinajstić information content (AvgIpc) is 3.66. The Morgan fingerprint density at radius 2 is 1.28 bits per heavy atom. The summed E-state index contributed by atoms with van der Waals surface area (Å²) < 4.78 is 2.38. The van der Waals surface area contributed by atoms with Crippen LogP contribution in [-0.2, 0) is 11.8 Å². The van der Waals surface area contributed by atoms with Crippen LogP contribution in [0.5, 0.6) is 0 Å². The molecule has 0 saturated heterocycles. The van der Waals surface area contributed by atoms with Crippen LogP contribution in [0.15, 0.2) is 176 Å². The Labute approximate surface area is 310 Å². The van der Waals surface area contributed by atoms with E-state index in [1.807, 2.05) is 0 Å². The molecular weight excluding hydrogens is 641 g/mol. The van der Waals surface area contributed by atoms with E-state index >= 15 is 0 Å². The van der Waals surface area contributed by atoms with Crippen molar-refractivity contribution >= 4 is 44.4 Å². The van der Waals surface area contributed by atoms with E-state index in [1.165, 1.54) is 94.6 Å². The molecule has 0 saturated carbocycles. The van der Waals surface area contributed by atoms with Crippen molar-refractivity contribution in [3.63, 3.8) is 0 Å². The molecule has 0 aliphatic heterocycles. The fraction of sp³-hybridized carbons (Fsp3) is 0.0980. The van der Waals surface area contributed by atoms with Gasteiger partial charge in [0, 0.05) is 38.9 Å². The number of nitrogens with zero attached hydrogens (tertiary/aromatic N) is 2. The molecule has 252 valence electrons. The second kappa shape index (κ2) is 11.6. The van der Waals surface area contributed by atoms with Crippen LogP contribution in [0.4, 0.5) is 17.1 Å². The normalized spacial score (nSPS) is 16.7. The Hall–Kier alpha value is -6.38. The molecule has 1 atom stereocenters. The molecule has 7 aromatic carbocycles. The number of benzene rings is 7. The van der Waals surface area contributed by atoms with E-state index in [2.05, 4.69) is 192 Å². The maximum Gasteiger partial charge on any atom is 0.0541 e. The lowest BCUT2D eigenvalue weighted by Crippen LogP contribution is -2.35. The summed E-state index contributed by atoms with van der Waals surface area (Å²) in [4.78, 5) is 2.48. The van der Waals surface area contributed by atoms with E-state index in [9.17, 15) is 0 Å². The average molecular weight is 679 g/mol. The van der Waals surface area contributed by atoms with Crippen molar-refractivity contribution in [3.8, 4) is 27.9 Å². The summed E-state index contributed by atoms with van der Waals surface area (Å²) in [6, 6.07) is 58.5. The third-order valence-electron chi connectivity index (χ3n) is 12.1. The van der Waals surface area contributed by atoms with E-state index in [1.54, 1.807) is 0 Å². The molecule has 11 rings (SSSR count). The fourth-order valence-electron chi connectivity index (χ4n) is 9.55. The maximum atomic E-state index is 2.48. The Kier molecular flexibility index (Phi) is 6.60. The van der Waals surface area contributed by atoms with Crippen LogP contribution in [0.3, 0.4) is 0 Å². The second-order valence-corrected chi connectivity index (χ2v) is 15.0. The first-order valence-corrected chi connectivity index (χ1v) is 18.9. The van der Waals surface area contributed by atoms with Crippen LogP contribution in [0, 0.1) is 0 Å². The molecule has 1 unspecified atom stereocenters. The number of fused-ring (bicyclic) bond motifs is 6. The van der Waals surface area contributed by atoms with Crippen molar-refractivity contribution in [2.75, 3.05) is 4.90 Å². The number of hydrogen-bond donors (Lipinski definition) is 0. The molecular formula is C51H38N2. The number of anilines is 3. The Balaban J connectivity index is 1.01. The van der Waals surface area contributed by atoms with E-state index in [0.717, 1.165) is 19.3 Å². The first-order valence-electron chi connectivity index (χ1n) is 18.9. The van der Waals surface area contributed by atoms with Crippen molar-refractivity contribution in [2.24, 2.45) is 0 Å². The van der Waals surface area contributed by atoms with Gasteiger partial charge in [-0.2, -0.15) is 0 Å². The molecule has 0 fully saturated rings. The van der Waals surface area contributed by atoms with Gasteiger partial charge in [-0.05, 0) is 130 Å². The second-order valence-electron chi connectivity index (χ2n) is 15.0. The van der Waals surface area contributed by atoms with E-state index < -0.39 is 0 Å². The van der Waals surface area contributed by atoms with Crippen LogP contribution in [0.25, 0.3) is 55.3 Å². The predicted molar refractivity (Wildman–Crippen MR) is 223 cm³/mol. The molecule has 2 nitrogen and oxygen atoms in total. The van der Waals surface area contributed by atoms with E-state index in [-0.39, 0.29) is 5.41 Å². The monoisotopic (exact) mass is 678 g/mol. The zero-order valence-electron chi connectivity index (χ0n) is 29.8. The van der Waals surface area contributed by atoms with E-state index in [0.29, 0.717) is 0 Å². The molecule has 1 aromatic heterocycles. The summed E-state index contributed by atoms with van der Waals surface area (Å²) in [7, 11) is 0. The molecule has 0 radical (unpaired) electrons. The van der Waals surface area contributed by atoms with Crippen LogP contribution >= 0.6 is 0 Å². The van der Waals surface area contributed by atoms with Crippen molar-refractivity contribution < 1.29 is 0 Å². The lowest BCUT2D eigenvalue weighted by Gasteiger charge is -2.42. The van der Waals surface area contributed by atoms with Crippen LogP contribution < -0.4 is 4.90 Å². The molecule has 0 bridgehead atoms. The minimum Gasteiger partial charge on any atom is -0.310 e. The minimum atomic E-state index is 0.0832. The molecule has 8 aromatic rings. The van der Waals surface area contributed by atoms with Crippen LogP contribution in [0.1, 0.15) is 42.0 Å². The van der Waals surface area contributed by atoms with Gasteiger partial charge < -0.3 is 9.47 Å². The quantitative estimate of drug-likeness (QED) is 0.170.